The summed E-state index contributed by atoms with van der Waals surface area (Å²) in [5, 5.41) is 9.97. The third-order valence-corrected chi connectivity index (χ3v) is 4.84. The van der Waals surface area contributed by atoms with Gasteiger partial charge in [0.1, 0.15) is 0 Å². The number of rotatable bonds is 5. The van der Waals surface area contributed by atoms with Crippen molar-refractivity contribution in [1.29, 1.82) is 0 Å². The van der Waals surface area contributed by atoms with Crippen LogP contribution in [0, 0.1) is 5.92 Å². The largest absolute Gasteiger partial charge is 0.392 e. The fourth-order valence-electron chi connectivity index (χ4n) is 3.34. The van der Waals surface area contributed by atoms with Crippen LogP contribution in [0.3, 0.4) is 0 Å². The molecule has 23 heavy (non-hydrogen) atoms. The van der Waals surface area contributed by atoms with Crippen molar-refractivity contribution < 1.29 is 9.90 Å². The lowest BCUT2D eigenvalue weighted by molar-refractivity contribution is -0.140. The van der Waals surface area contributed by atoms with Crippen molar-refractivity contribution >= 4 is 5.91 Å². The van der Waals surface area contributed by atoms with Gasteiger partial charge in [-0.1, -0.05) is 44.2 Å². The van der Waals surface area contributed by atoms with E-state index < -0.39 is 6.10 Å². The molecule has 3 unspecified atom stereocenters. The van der Waals surface area contributed by atoms with Gasteiger partial charge in [0, 0.05) is 32.2 Å². The minimum Gasteiger partial charge on any atom is -0.392 e. The summed E-state index contributed by atoms with van der Waals surface area (Å²) in [5.74, 6) is -0.225. The van der Waals surface area contributed by atoms with Gasteiger partial charge in [0.05, 0.1) is 12.0 Å². The fraction of sp³-hybridized carbons (Fsp3) is 0.632. The summed E-state index contributed by atoms with van der Waals surface area (Å²) in [6.07, 6.45) is 1.06. The highest BCUT2D eigenvalue weighted by molar-refractivity contribution is 5.79. The lowest BCUT2D eigenvalue weighted by atomic mass is 10.00. The first-order valence-corrected chi connectivity index (χ1v) is 8.77. The lowest BCUT2D eigenvalue weighted by Crippen LogP contribution is -2.46. The van der Waals surface area contributed by atoms with E-state index in [0.29, 0.717) is 6.42 Å². The Bertz CT molecular complexity index is 491. The Morgan fingerprint density at radius 1 is 1.30 bits per heavy atom. The molecule has 1 amide bonds. The second-order valence-corrected chi connectivity index (χ2v) is 6.72. The van der Waals surface area contributed by atoms with Crippen LogP contribution in [0.1, 0.15) is 39.2 Å². The molecule has 1 aliphatic heterocycles. The molecule has 4 heteroatoms. The Kier molecular flexibility index (Phi) is 6.60. The van der Waals surface area contributed by atoms with Crippen LogP contribution >= 0.6 is 0 Å². The predicted molar refractivity (Wildman–Crippen MR) is 93.0 cm³/mol. The van der Waals surface area contributed by atoms with Gasteiger partial charge in [-0.3, -0.25) is 9.69 Å². The maximum atomic E-state index is 12.7. The molecule has 128 valence electrons. The zero-order chi connectivity index (χ0) is 16.8. The third kappa shape index (κ3) is 4.79. The average molecular weight is 318 g/mol. The highest BCUT2D eigenvalue weighted by Crippen LogP contribution is 2.18. The number of nitrogens with zero attached hydrogens (tertiary/aromatic N) is 2. The molecule has 1 N–H and O–H groups in total. The first-order chi connectivity index (χ1) is 11.0. The van der Waals surface area contributed by atoms with Gasteiger partial charge in [0.25, 0.3) is 0 Å². The van der Waals surface area contributed by atoms with Crippen LogP contribution in [-0.4, -0.2) is 52.6 Å². The molecule has 0 bridgehead atoms. The molecule has 2 rings (SSSR count). The Labute approximate surface area is 140 Å². The monoisotopic (exact) mass is 318 g/mol. The maximum Gasteiger partial charge on any atom is 0.228 e. The number of carbonyl (C=O) groups excluding carboxylic acids is 1. The molecule has 1 aromatic carbocycles. The predicted octanol–water partition coefficient (Wildman–Crippen LogP) is 2.52. The maximum absolute atomic E-state index is 12.7. The second kappa shape index (κ2) is 8.46. The van der Waals surface area contributed by atoms with E-state index in [0.717, 1.165) is 32.6 Å². The van der Waals surface area contributed by atoms with E-state index in [-0.39, 0.29) is 17.9 Å². The molecule has 3 atom stereocenters. The molecule has 1 aromatic rings. The normalized spacial score (nSPS) is 22.4. The summed E-state index contributed by atoms with van der Waals surface area (Å²) in [5.41, 5.74) is 1.31. The van der Waals surface area contributed by atoms with E-state index >= 15 is 0 Å². The molecular formula is C19H30N2O2. The number of aliphatic hydroxyl groups is 1. The van der Waals surface area contributed by atoms with Gasteiger partial charge in [-0.05, 0) is 25.3 Å². The zero-order valence-corrected chi connectivity index (χ0v) is 14.6. The first-order valence-electron chi connectivity index (χ1n) is 8.77. The Hall–Kier alpha value is -1.39. The van der Waals surface area contributed by atoms with Gasteiger partial charge in [-0.15, -0.1) is 0 Å². The van der Waals surface area contributed by atoms with Crippen LogP contribution in [0.2, 0.25) is 0 Å². The summed E-state index contributed by atoms with van der Waals surface area (Å²) in [4.78, 5) is 17.1. The standard InChI is InChI=1S/C19H30N2O2/c1-4-18(22)16(3)19(23)21-12-8-11-20(13-15(21)2)14-17-9-6-5-7-10-17/h5-7,9-10,15-16,18,22H,4,8,11-14H2,1-3H3. The molecular weight excluding hydrogens is 288 g/mol. The minimum atomic E-state index is -0.543. The fourth-order valence-corrected chi connectivity index (χ4v) is 3.34. The molecule has 1 fully saturated rings. The van der Waals surface area contributed by atoms with Crippen molar-refractivity contribution in [3.8, 4) is 0 Å². The van der Waals surface area contributed by atoms with Gasteiger partial charge < -0.3 is 10.0 Å². The number of hydrogen-bond acceptors (Lipinski definition) is 3. The molecule has 0 aromatic heterocycles. The van der Waals surface area contributed by atoms with Gasteiger partial charge in [-0.2, -0.15) is 0 Å². The molecule has 1 aliphatic rings. The van der Waals surface area contributed by atoms with E-state index in [4.69, 9.17) is 0 Å². The Morgan fingerprint density at radius 2 is 2.00 bits per heavy atom. The van der Waals surface area contributed by atoms with E-state index in [2.05, 4.69) is 36.1 Å². The van der Waals surface area contributed by atoms with Crippen LogP contribution in [0.15, 0.2) is 30.3 Å². The summed E-state index contributed by atoms with van der Waals surface area (Å²) in [6, 6.07) is 10.7. The minimum absolute atomic E-state index is 0.0911. The third-order valence-electron chi connectivity index (χ3n) is 4.84. The Morgan fingerprint density at radius 3 is 2.65 bits per heavy atom. The van der Waals surface area contributed by atoms with Crippen molar-refractivity contribution in [3.63, 3.8) is 0 Å². The van der Waals surface area contributed by atoms with Crippen LogP contribution < -0.4 is 0 Å². The number of amides is 1. The second-order valence-electron chi connectivity index (χ2n) is 6.72. The van der Waals surface area contributed by atoms with Crippen LogP contribution in [0.4, 0.5) is 0 Å². The average Bonchev–Trinajstić information content (AvgIpc) is 2.74. The van der Waals surface area contributed by atoms with Crippen molar-refractivity contribution in [2.24, 2.45) is 5.92 Å². The van der Waals surface area contributed by atoms with Crippen molar-refractivity contribution in [2.75, 3.05) is 19.6 Å². The van der Waals surface area contributed by atoms with Gasteiger partial charge in [-0.25, -0.2) is 0 Å². The SMILES string of the molecule is CCC(O)C(C)C(=O)N1CCCN(Cc2ccccc2)CC1C. The highest BCUT2D eigenvalue weighted by Gasteiger charge is 2.30. The summed E-state index contributed by atoms with van der Waals surface area (Å²) >= 11 is 0. The number of aliphatic hydroxyl groups excluding tert-OH is 1. The highest BCUT2D eigenvalue weighted by atomic mass is 16.3. The van der Waals surface area contributed by atoms with E-state index in [1.165, 1.54) is 5.56 Å². The summed E-state index contributed by atoms with van der Waals surface area (Å²) in [6.45, 7) is 9.49. The van der Waals surface area contributed by atoms with Crippen molar-refractivity contribution in [3.05, 3.63) is 35.9 Å². The molecule has 1 saturated heterocycles. The van der Waals surface area contributed by atoms with E-state index in [1.54, 1.807) is 0 Å². The zero-order valence-electron chi connectivity index (χ0n) is 14.6. The smallest absolute Gasteiger partial charge is 0.228 e. The van der Waals surface area contributed by atoms with Crippen LogP contribution in [0.5, 0.6) is 0 Å². The summed E-state index contributed by atoms with van der Waals surface area (Å²) < 4.78 is 0. The Balaban J connectivity index is 1.97. The first kappa shape index (κ1) is 18.0. The molecule has 0 radical (unpaired) electrons. The lowest BCUT2D eigenvalue weighted by Gasteiger charge is -2.32. The van der Waals surface area contributed by atoms with E-state index in [9.17, 15) is 9.90 Å². The quantitative estimate of drug-likeness (QED) is 0.907. The molecule has 4 nitrogen and oxygen atoms in total. The van der Waals surface area contributed by atoms with E-state index in [1.807, 2.05) is 24.8 Å². The molecule has 0 spiro atoms. The summed E-state index contributed by atoms with van der Waals surface area (Å²) in [7, 11) is 0. The van der Waals surface area contributed by atoms with Crippen molar-refractivity contribution in [1.82, 2.24) is 9.80 Å². The van der Waals surface area contributed by atoms with Crippen LogP contribution in [0.25, 0.3) is 0 Å². The number of hydrogen-bond donors (Lipinski definition) is 1. The molecule has 0 aliphatic carbocycles. The van der Waals surface area contributed by atoms with Crippen LogP contribution in [-0.2, 0) is 11.3 Å². The van der Waals surface area contributed by atoms with Gasteiger partial charge >= 0.3 is 0 Å². The van der Waals surface area contributed by atoms with Gasteiger partial charge in [0.2, 0.25) is 5.91 Å². The van der Waals surface area contributed by atoms with Crippen molar-refractivity contribution in [2.45, 2.75) is 52.3 Å². The van der Waals surface area contributed by atoms with Gasteiger partial charge in [0.15, 0.2) is 0 Å². The molecule has 0 saturated carbocycles. The number of benzene rings is 1. The number of carbonyl (C=O) groups is 1. The molecule has 1 heterocycles. The topological polar surface area (TPSA) is 43.8 Å².